The van der Waals surface area contributed by atoms with Crippen molar-refractivity contribution in [1.82, 2.24) is 9.62 Å². The summed E-state index contributed by atoms with van der Waals surface area (Å²) >= 11 is 0. The second-order valence-corrected chi connectivity index (χ2v) is 8.01. The van der Waals surface area contributed by atoms with E-state index in [1.807, 2.05) is 0 Å². The van der Waals surface area contributed by atoms with Crippen molar-refractivity contribution in [3.05, 3.63) is 29.8 Å². The number of hydrogen-bond acceptors (Lipinski definition) is 4. The lowest BCUT2D eigenvalue weighted by molar-refractivity contribution is -0.113. The SMILES string of the molecule is CNC(=O)c1cccc(NC(=O)CS(=O)(=O)N2CCC(C)CC2)c1. The number of anilines is 1. The first kappa shape index (κ1) is 18.4. The second kappa shape index (κ2) is 7.76. The fourth-order valence-corrected chi connectivity index (χ4v) is 3.95. The van der Waals surface area contributed by atoms with E-state index in [1.165, 1.54) is 17.4 Å². The summed E-state index contributed by atoms with van der Waals surface area (Å²) in [5, 5.41) is 5.03. The molecule has 0 aromatic heterocycles. The molecule has 0 spiro atoms. The molecule has 0 aliphatic carbocycles. The first-order chi connectivity index (χ1) is 11.3. The van der Waals surface area contributed by atoms with Crippen molar-refractivity contribution >= 4 is 27.5 Å². The lowest BCUT2D eigenvalue weighted by Gasteiger charge is -2.29. The average molecular weight is 353 g/mol. The zero-order valence-electron chi connectivity index (χ0n) is 13.9. The number of hydrogen-bond donors (Lipinski definition) is 2. The molecule has 0 atom stereocenters. The summed E-state index contributed by atoms with van der Waals surface area (Å²) in [6, 6.07) is 6.35. The Morgan fingerprint density at radius 3 is 2.54 bits per heavy atom. The van der Waals surface area contributed by atoms with E-state index >= 15 is 0 Å². The predicted octanol–water partition coefficient (Wildman–Crippen LogP) is 1.05. The summed E-state index contributed by atoms with van der Waals surface area (Å²) in [6.45, 7) is 3.02. The van der Waals surface area contributed by atoms with E-state index in [-0.39, 0.29) is 5.91 Å². The third kappa shape index (κ3) is 4.78. The molecule has 0 saturated carbocycles. The predicted molar refractivity (Wildman–Crippen MR) is 92.2 cm³/mol. The van der Waals surface area contributed by atoms with Crippen LogP contribution in [0.25, 0.3) is 0 Å². The molecule has 1 aliphatic rings. The van der Waals surface area contributed by atoms with Crippen LogP contribution in [-0.2, 0) is 14.8 Å². The van der Waals surface area contributed by atoms with E-state index in [2.05, 4.69) is 17.6 Å². The molecule has 7 nitrogen and oxygen atoms in total. The van der Waals surface area contributed by atoms with Crippen molar-refractivity contribution in [3.8, 4) is 0 Å². The van der Waals surface area contributed by atoms with Crippen LogP contribution in [0.5, 0.6) is 0 Å². The van der Waals surface area contributed by atoms with Gasteiger partial charge in [-0.1, -0.05) is 13.0 Å². The summed E-state index contributed by atoms with van der Waals surface area (Å²) < 4.78 is 26.0. The molecule has 2 rings (SSSR count). The highest BCUT2D eigenvalue weighted by atomic mass is 32.2. The Morgan fingerprint density at radius 2 is 1.92 bits per heavy atom. The van der Waals surface area contributed by atoms with Crippen LogP contribution in [0.1, 0.15) is 30.1 Å². The fourth-order valence-electron chi connectivity index (χ4n) is 2.60. The first-order valence-corrected chi connectivity index (χ1v) is 9.52. The molecule has 1 aromatic rings. The van der Waals surface area contributed by atoms with E-state index in [4.69, 9.17) is 0 Å². The van der Waals surface area contributed by atoms with Crippen molar-refractivity contribution in [2.75, 3.05) is 31.2 Å². The van der Waals surface area contributed by atoms with Crippen LogP contribution in [0.15, 0.2) is 24.3 Å². The van der Waals surface area contributed by atoms with E-state index in [1.54, 1.807) is 18.2 Å². The Morgan fingerprint density at radius 1 is 1.25 bits per heavy atom. The molecule has 2 N–H and O–H groups in total. The van der Waals surface area contributed by atoms with Crippen LogP contribution in [0.3, 0.4) is 0 Å². The van der Waals surface area contributed by atoms with Gasteiger partial charge in [-0.3, -0.25) is 9.59 Å². The van der Waals surface area contributed by atoms with Gasteiger partial charge >= 0.3 is 0 Å². The lowest BCUT2D eigenvalue weighted by Crippen LogP contribution is -2.41. The van der Waals surface area contributed by atoms with Gasteiger partial charge in [0.05, 0.1) is 0 Å². The summed E-state index contributed by atoms with van der Waals surface area (Å²) in [6.07, 6.45) is 1.63. The topological polar surface area (TPSA) is 95.6 Å². The van der Waals surface area contributed by atoms with Crippen molar-refractivity contribution < 1.29 is 18.0 Å². The molecule has 0 bridgehead atoms. The lowest BCUT2D eigenvalue weighted by atomic mass is 10.0. The van der Waals surface area contributed by atoms with E-state index in [0.29, 0.717) is 30.3 Å². The Hall–Kier alpha value is -1.93. The smallest absolute Gasteiger partial charge is 0.251 e. The van der Waals surface area contributed by atoms with Crippen LogP contribution in [0.4, 0.5) is 5.69 Å². The monoisotopic (exact) mass is 353 g/mol. The van der Waals surface area contributed by atoms with Crippen LogP contribution in [0, 0.1) is 5.92 Å². The van der Waals surface area contributed by atoms with E-state index in [0.717, 1.165) is 12.8 Å². The Kier molecular flexibility index (Phi) is 5.95. The summed E-state index contributed by atoms with van der Waals surface area (Å²) in [7, 11) is -2.10. The number of sulfonamides is 1. The highest BCUT2D eigenvalue weighted by molar-refractivity contribution is 7.89. The zero-order chi connectivity index (χ0) is 17.7. The van der Waals surface area contributed by atoms with Gasteiger partial charge < -0.3 is 10.6 Å². The molecule has 1 saturated heterocycles. The number of nitrogens with zero attached hydrogens (tertiary/aromatic N) is 1. The first-order valence-electron chi connectivity index (χ1n) is 7.91. The maximum absolute atomic E-state index is 12.3. The molecule has 1 aliphatic heterocycles. The fraction of sp³-hybridized carbons (Fsp3) is 0.500. The summed E-state index contributed by atoms with van der Waals surface area (Å²) in [4.78, 5) is 23.7. The second-order valence-electron chi connectivity index (χ2n) is 6.05. The van der Waals surface area contributed by atoms with Crippen molar-refractivity contribution in [2.45, 2.75) is 19.8 Å². The third-order valence-corrected chi connectivity index (χ3v) is 5.86. The minimum Gasteiger partial charge on any atom is -0.355 e. The maximum atomic E-state index is 12.3. The number of rotatable bonds is 5. The van der Waals surface area contributed by atoms with Gasteiger partial charge in [0.25, 0.3) is 5.91 Å². The van der Waals surface area contributed by atoms with Gasteiger partial charge in [0.15, 0.2) is 0 Å². The van der Waals surface area contributed by atoms with Crippen molar-refractivity contribution in [2.24, 2.45) is 5.92 Å². The molecule has 1 heterocycles. The van der Waals surface area contributed by atoms with Gasteiger partial charge in [-0.25, -0.2) is 12.7 Å². The van der Waals surface area contributed by atoms with Crippen LogP contribution in [0.2, 0.25) is 0 Å². The summed E-state index contributed by atoms with van der Waals surface area (Å²) in [5.74, 6) is -0.965. The minimum absolute atomic E-state index is 0.277. The molecule has 8 heteroatoms. The third-order valence-electron chi connectivity index (χ3n) is 4.09. The van der Waals surface area contributed by atoms with Gasteiger partial charge in [-0.2, -0.15) is 0 Å². The van der Waals surface area contributed by atoms with E-state index in [9.17, 15) is 18.0 Å². The molecule has 2 amide bonds. The number of benzene rings is 1. The molecule has 1 aromatic carbocycles. The van der Waals surface area contributed by atoms with Crippen LogP contribution in [-0.4, -0.2) is 50.4 Å². The molecular formula is C16H23N3O4S. The Balaban J connectivity index is 1.99. The normalized spacial score (nSPS) is 16.6. The number of amides is 2. The largest absolute Gasteiger partial charge is 0.355 e. The number of piperidine rings is 1. The molecule has 0 unspecified atom stereocenters. The minimum atomic E-state index is -3.62. The Bertz CT molecular complexity index is 710. The number of nitrogens with one attached hydrogen (secondary N) is 2. The average Bonchev–Trinajstić information content (AvgIpc) is 2.54. The molecule has 24 heavy (non-hydrogen) atoms. The molecule has 0 radical (unpaired) electrons. The van der Waals surface area contributed by atoms with Gasteiger partial charge in [0.2, 0.25) is 15.9 Å². The Labute approximate surface area is 142 Å². The number of carbonyl (C=O) groups is 2. The van der Waals surface area contributed by atoms with Gasteiger partial charge in [0, 0.05) is 31.4 Å². The van der Waals surface area contributed by atoms with Crippen molar-refractivity contribution in [1.29, 1.82) is 0 Å². The van der Waals surface area contributed by atoms with Crippen LogP contribution < -0.4 is 10.6 Å². The van der Waals surface area contributed by atoms with Crippen molar-refractivity contribution in [3.63, 3.8) is 0 Å². The maximum Gasteiger partial charge on any atom is 0.251 e. The standard InChI is InChI=1S/C16H23N3O4S/c1-12-6-8-19(9-7-12)24(22,23)11-15(20)18-14-5-3-4-13(10-14)16(21)17-2/h3-5,10,12H,6-9,11H2,1-2H3,(H,17,21)(H,18,20). The van der Waals surface area contributed by atoms with Gasteiger partial charge in [-0.05, 0) is 37.0 Å². The quantitative estimate of drug-likeness (QED) is 0.827. The van der Waals surface area contributed by atoms with E-state index < -0.39 is 21.7 Å². The molecule has 132 valence electrons. The van der Waals surface area contributed by atoms with Crippen LogP contribution >= 0.6 is 0 Å². The highest BCUT2D eigenvalue weighted by Crippen LogP contribution is 2.19. The van der Waals surface area contributed by atoms with Gasteiger partial charge in [0.1, 0.15) is 5.75 Å². The zero-order valence-corrected chi connectivity index (χ0v) is 14.7. The highest BCUT2D eigenvalue weighted by Gasteiger charge is 2.28. The number of carbonyl (C=O) groups excluding carboxylic acids is 2. The molecule has 1 fully saturated rings. The summed E-state index contributed by atoms with van der Waals surface area (Å²) in [5.41, 5.74) is 0.784. The van der Waals surface area contributed by atoms with Gasteiger partial charge in [-0.15, -0.1) is 0 Å². The molecular weight excluding hydrogens is 330 g/mol.